The molecule has 4 heteroatoms. The molecule has 1 aliphatic rings. The van der Waals surface area contributed by atoms with Crippen molar-refractivity contribution in [3.8, 4) is 5.75 Å². The van der Waals surface area contributed by atoms with Gasteiger partial charge in [0.25, 0.3) is 0 Å². The number of piperidine rings is 1. The topological polar surface area (TPSA) is 47.0 Å². The van der Waals surface area contributed by atoms with E-state index in [1.54, 1.807) is 19.5 Å². The summed E-state index contributed by atoms with van der Waals surface area (Å²) in [7, 11) is 1.63. The highest BCUT2D eigenvalue weighted by atomic mass is 16.5. The van der Waals surface area contributed by atoms with Crippen LogP contribution in [0.1, 0.15) is 24.6 Å². The molecule has 1 N–H and O–H groups in total. The normalized spacial score (nSPS) is 18.1. The Kier molecular flexibility index (Phi) is 2.93. The number of nitrogens with one attached hydrogen (secondary N) is 1. The predicted octanol–water partition coefficient (Wildman–Crippen LogP) is 0.952. The Morgan fingerprint density at radius 3 is 2.50 bits per heavy atom. The molecular weight excluding hydrogens is 178 g/mol. The SMILES string of the molecule is COc1cnc(C2CCNCC2)nc1. The maximum atomic E-state index is 5.02. The van der Waals surface area contributed by atoms with Crippen LogP contribution in [0.15, 0.2) is 12.4 Å². The lowest BCUT2D eigenvalue weighted by Crippen LogP contribution is -2.27. The van der Waals surface area contributed by atoms with Gasteiger partial charge in [-0.25, -0.2) is 9.97 Å². The van der Waals surface area contributed by atoms with Crippen LogP contribution in [0.3, 0.4) is 0 Å². The van der Waals surface area contributed by atoms with Gasteiger partial charge in [-0.05, 0) is 25.9 Å². The molecule has 1 fully saturated rings. The van der Waals surface area contributed by atoms with Crippen LogP contribution in [-0.2, 0) is 0 Å². The van der Waals surface area contributed by atoms with Crippen molar-refractivity contribution >= 4 is 0 Å². The Labute approximate surface area is 83.7 Å². The highest BCUT2D eigenvalue weighted by Gasteiger charge is 2.17. The predicted molar refractivity (Wildman–Crippen MR) is 53.4 cm³/mol. The fourth-order valence-electron chi connectivity index (χ4n) is 1.72. The average Bonchev–Trinajstić information content (AvgIpc) is 2.30. The second-order valence-corrected chi connectivity index (χ2v) is 3.51. The van der Waals surface area contributed by atoms with E-state index in [4.69, 9.17) is 4.74 Å². The van der Waals surface area contributed by atoms with E-state index in [1.165, 1.54) is 0 Å². The summed E-state index contributed by atoms with van der Waals surface area (Å²) in [5, 5.41) is 3.33. The molecule has 76 valence electrons. The second kappa shape index (κ2) is 4.37. The van der Waals surface area contributed by atoms with Crippen molar-refractivity contribution in [3.05, 3.63) is 18.2 Å². The second-order valence-electron chi connectivity index (χ2n) is 3.51. The summed E-state index contributed by atoms with van der Waals surface area (Å²) in [6.45, 7) is 2.14. The standard InChI is InChI=1S/C10H15N3O/c1-14-9-6-12-10(13-7-9)8-2-4-11-5-3-8/h6-8,11H,2-5H2,1H3. The fraction of sp³-hybridized carbons (Fsp3) is 0.600. The lowest BCUT2D eigenvalue weighted by molar-refractivity contribution is 0.405. The van der Waals surface area contributed by atoms with Gasteiger partial charge in [0.15, 0.2) is 5.75 Å². The molecule has 1 saturated heterocycles. The smallest absolute Gasteiger partial charge is 0.155 e. The first-order valence-corrected chi connectivity index (χ1v) is 4.97. The first kappa shape index (κ1) is 9.40. The quantitative estimate of drug-likeness (QED) is 0.759. The summed E-state index contributed by atoms with van der Waals surface area (Å²) in [6, 6.07) is 0. The molecule has 0 atom stereocenters. The summed E-state index contributed by atoms with van der Waals surface area (Å²) < 4.78 is 5.02. The molecule has 0 saturated carbocycles. The van der Waals surface area contributed by atoms with Crippen molar-refractivity contribution in [3.63, 3.8) is 0 Å². The summed E-state index contributed by atoms with van der Waals surface area (Å²) in [6.07, 6.45) is 5.74. The third-order valence-corrected chi connectivity index (χ3v) is 2.59. The van der Waals surface area contributed by atoms with Gasteiger partial charge in [-0.3, -0.25) is 0 Å². The van der Waals surface area contributed by atoms with Crippen LogP contribution in [0.2, 0.25) is 0 Å². The van der Waals surface area contributed by atoms with Crippen molar-refractivity contribution in [2.75, 3.05) is 20.2 Å². The molecule has 2 rings (SSSR count). The van der Waals surface area contributed by atoms with Crippen molar-refractivity contribution in [1.82, 2.24) is 15.3 Å². The van der Waals surface area contributed by atoms with Crippen molar-refractivity contribution < 1.29 is 4.74 Å². The molecule has 0 bridgehead atoms. The number of hydrogen-bond donors (Lipinski definition) is 1. The zero-order valence-corrected chi connectivity index (χ0v) is 8.36. The van der Waals surface area contributed by atoms with E-state index in [2.05, 4.69) is 15.3 Å². The Hall–Kier alpha value is -1.16. The highest BCUT2D eigenvalue weighted by Crippen LogP contribution is 2.22. The van der Waals surface area contributed by atoms with Crippen molar-refractivity contribution in [1.29, 1.82) is 0 Å². The molecule has 4 nitrogen and oxygen atoms in total. The van der Waals surface area contributed by atoms with Crippen molar-refractivity contribution in [2.45, 2.75) is 18.8 Å². The molecule has 1 aromatic rings. The Balaban J connectivity index is 2.07. The number of methoxy groups -OCH3 is 1. The number of nitrogens with zero attached hydrogens (tertiary/aromatic N) is 2. The van der Waals surface area contributed by atoms with Gasteiger partial charge < -0.3 is 10.1 Å². The van der Waals surface area contributed by atoms with Crippen LogP contribution in [-0.4, -0.2) is 30.2 Å². The minimum Gasteiger partial charge on any atom is -0.494 e. The molecule has 2 heterocycles. The van der Waals surface area contributed by atoms with E-state index in [9.17, 15) is 0 Å². The fourth-order valence-corrected chi connectivity index (χ4v) is 1.72. The van der Waals surface area contributed by atoms with E-state index in [1.807, 2.05) is 0 Å². The zero-order valence-electron chi connectivity index (χ0n) is 8.36. The number of ether oxygens (including phenoxy) is 1. The first-order valence-electron chi connectivity index (χ1n) is 4.97. The number of aromatic nitrogens is 2. The van der Waals surface area contributed by atoms with E-state index < -0.39 is 0 Å². The van der Waals surface area contributed by atoms with Gasteiger partial charge in [0.1, 0.15) is 5.82 Å². The first-order chi connectivity index (χ1) is 6.90. The summed E-state index contributed by atoms with van der Waals surface area (Å²) in [5.74, 6) is 2.19. The molecule has 0 radical (unpaired) electrons. The third kappa shape index (κ3) is 2.01. The Morgan fingerprint density at radius 2 is 1.93 bits per heavy atom. The summed E-state index contributed by atoms with van der Waals surface area (Å²) >= 11 is 0. The Bertz CT molecular complexity index is 280. The largest absolute Gasteiger partial charge is 0.494 e. The average molecular weight is 193 g/mol. The van der Waals surface area contributed by atoms with Crippen LogP contribution < -0.4 is 10.1 Å². The van der Waals surface area contributed by atoms with Gasteiger partial charge in [0, 0.05) is 5.92 Å². The molecule has 1 aromatic heterocycles. The third-order valence-electron chi connectivity index (χ3n) is 2.59. The van der Waals surface area contributed by atoms with Crippen LogP contribution in [0.25, 0.3) is 0 Å². The molecule has 1 aliphatic heterocycles. The van der Waals surface area contributed by atoms with Crippen LogP contribution >= 0.6 is 0 Å². The number of hydrogen-bond acceptors (Lipinski definition) is 4. The summed E-state index contributed by atoms with van der Waals surface area (Å²) in [4.78, 5) is 8.62. The van der Waals surface area contributed by atoms with Gasteiger partial charge in [-0.2, -0.15) is 0 Å². The maximum absolute atomic E-state index is 5.02. The van der Waals surface area contributed by atoms with Crippen LogP contribution in [0.4, 0.5) is 0 Å². The van der Waals surface area contributed by atoms with E-state index >= 15 is 0 Å². The zero-order chi connectivity index (χ0) is 9.80. The van der Waals surface area contributed by atoms with E-state index in [0.717, 1.165) is 37.5 Å². The molecule has 0 aromatic carbocycles. The molecule has 0 spiro atoms. The van der Waals surface area contributed by atoms with E-state index in [0.29, 0.717) is 5.92 Å². The Morgan fingerprint density at radius 1 is 1.29 bits per heavy atom. The number of rotatable bonds is 2. The van der Waals surface area contributed by atoms with Gasteiger partial charge >= 0.3 is 0 Å². The molecule has 0 unspecified atom stereocenters. The van der Waals surface area contributed by atoms with Crippen molar-refractivity contribution in [2.24, 2.45) is 0 Å². The molecule has 0 aliphatic carbocycles. The summed E-state index contributed by atoms with van der Waals surface area (Å²) in [5.41, 5.74) is 0. The maximum Gasteiger partial charge on any atom is 0.155 e. The highest BCUT2D eigenvalue weighted by molar-refractivity contribution is 5.13. The van der Waals surface area contributed by atoms with E-state index in [-0.39, 0.29) is 0 Å². The lowest BCUT2D eigenvalue weighted by Gasteiger charge is -2.20. The van der Waals surface area contributed by atoms with Gasteiger partial charge in [0.2, 0.25) is 0 Å². The van der Waals surface area contributed by atoms with Crippen LogP contribution in [0.5, 0.6) is 5.75 Å². The molecule has 0 amide bonds. The van der Waals surface area contributed by atoms with Crippen LogP contribution in [0, 0.1) is 0 Å². The molecule has 14 heavy (non-hydrogen) atoms. The minimum atomic E-state index is 0.516. The monoisotopic (exact) mass is 193 g/mol. The van der Waals surface area contributed by atoms with Gasteiger partial charge in [0.05, 0.1) is 19.5 Å². The van der Waals surface area contributed by atoms with Gasteiger partial charge in [-0.15, -0.1) is 0 Å². The minimum absolute atomic E-state index is 0.516. The lowest BCUT2D eigenvalue weighted by atomic mass is 9.97. The van der Waals surface area contributed by atoms with Gasteiger partial charge in [-0.1, -0.05) is 0 Å². The molecular formula is C10H15N3O.